The zero-order valence-electron chi connectivity index (χ0n) is 16.4. The van der Waals surface area contributed by atoms with Crippen LogP contribution in [0, 0.1) is 11.8 Å². The third kappa shape index (κ3) is 3.52. The number of ether oxygens (including phenoxy) is 2. The molecule has 4 aliphatic heterocycles. The van der Waals surface area contributed by atoms with Crippen LogP contribution in [-0.2, 0) is 25.6 Å². The zero-order valence-corrected chi connectivity index (χ0v) is 17.2. The van der Waals surface area contributed by atoms with Crippen LogP contribution in [0.1, 0.15) is 11.3 Å². The Hall–Kier alpha value is -1.74. The molecule has 4 aliphatic rings. The molecule has 8 heteroatoms. The molecule has 0 unspecified atom stereocenters. The highest BCUT2D eigenvalue weighted by Gasteiger charge is 2.66. The predicted molar refractivity (Wildman–Crippen MR) is 108 cm³/mol. The number of carbonyl (C=O) groups excluding carboxylic acids is 2. The molecule has 0 radical (unpaired) electrons. The fourth-order valence-electron chi connectivity index (χ4n) is 5.08. The molecular weight excluding hydrogens is 390 g/mol. The summed E-state index contributed by atoms with van der Waals surface area (Å²) < 4.78 is 11.6. The smallest absolute Gasteiger partial charge is 0.230 e. The number of nitrogens with one attached hydrogen (secondary N) is 1. The van der Waals surface area contributed by atoms with E-state index >= 15 is 0 Å². The van der Waals surface area contributed by atoms with Gasteiger partial charge in [0.2, 0.25) is 11.8 Å². The van der Waals surface area contributed by atoms with E-state index in [-0.39, 0.29) is 17.9 Å². The van der Waals surface area contributed by atoms with Gasteiger partial charge in [-0.1, -0.05) is 18.2 Å². The highest BCUT2D eigenvalue weighted by molar-refractivity contribution is 7.09. The average Bonchev–Trinajstić information content (AvgIpc) is 3.50. The second kappa shape index (κ2) is 7.83. The molecular formula is C21H27N3O4S. The van der Waals surface area contributed by atoms with Gasteiger partial charge in [-0.15, -0.1) is 11.3 Å². The van der Waals surface area contributed by atoms with Gasteiger partial charge in [0, 0.05) is 31.1 Å². The van der Waals surface area contributed by atoms with Crippen LogP contribution in [0.2, 0.25) is 0 Å². The first-order valence-electron chi connectivity index (χ1n) is 10.4. The van der Waals surface area contributed by atoms with Crippen molar-refractivity contribution in [2.45, 2.75) is 24.7 Å². The minimum Gasteiger partial charge on any atom is -0.379 e. The van der Waals surface area contributed by atoms with Gasteiger partial charge in [-0.25, -0.2) is 0 Å². The molecule has 1 aromatic heterocycles. The van der Waals surface area contributed by atoms with Crippen LogP contribution in [0.25, 0.3) is 0 Å². The number of carbonyl (C=O) groups is 2. The summed E-state index contributed by atoms with van der Waals surface area (Å²) in [5.74, 6) is -0.848. The number of hydrogen-bond acceptors (Lipinski definition) is 6. The second-order valence-electron chi connectivity index (χ2n) is 8.26. The average molecular weight is 418 g/mol. The maximum atomic E-state index is 13.2. The summed E-state index contributed by atoms with van der Waals surface area (Å²) in [7, 11) is 0. The first-order chi connectivity index (χ1) is 14.2. The summed E-state index contributed by atoms with van der Waals surface area (Å²) in [6, 6.07) is 3.97. The van der Waals surface area contributed by atoms with Crippen LogP contribution in [0.3, 0.4) is 0 Å². The Labute approximate surface area is 174 Å². The SMILES string of the molecule is O=C(NCc1cccs1)[C@H]1[C@H]2C=C[C@@]3(CN(CCCN4CCOCC4)C(=O)[C@@H]13)O2. The van der Waals surface area contributed by atoms with E-state index in [1.165, 1.54) is 0 Å². The Morgan fingerprint density at radius 3 is 2.97 bits per heavy atom. The lowest BCUT2D eigenvalue weighted by molar-refractivity contribution is -0.137. The van der Waals surface area contributed by atoms with Crippen molar-refractivity contribution in [3.8, 4) is 0 Å². The summed E-state index contributed by atoms with van der Waals surface area (Å²) in [6.07, 6.45) is 4.63. The first-order valence-corrected chi connectivity index (χ1v) is 11.3. The summed E-state index contributed by atoms with van der Waals surface area (Å²) in [4.78, 5) is 31.5. The standard InChI is InChI=1S/C21H27N3O4S/c25-19(22-13-15-3-1-12-29-15)17-16-4-5-21(28-16)14-24(20(26)18(17)21)7-2-6-23-8-10-27-11-9-23/h1,3-5,12,16-18H,2,6-11,13-14H2,(H,22,25)/t16-,17+,18-,21+/m1/s1. The minimum atomic E-state index is -0.619. The number of fused-ring (bicyclic) bond motifs is 1. The normalized spacial score (nSPS) is 33.4. The Morgan fingerprint density at radius 2 is 2.17 bits per heavy atom. The van der Waals surface area contributed by atoms with Crippen molar-refractivity contribution in [3.63, 3.8) is 0 Å². The van der Waals surface area contributed by atoms with Gasteiger partial charge >= 0.3 is 0 Å². The molecule has 1 aromatic rings. The maximum Gasteiger partial charge on any atom is 0.230 e. The third-order valence-electron chi connectivity index (χ3n) is 6.50. The quantitative estimate of drug-likeness (QED) is 0.667. The molecule has 156 valence electrons. The van der Waals surface area contributed by atoms with Crippen LogP contribution in [0.5, 0.6) is 0 Å². The highest BCUT2D eigenvalue weighted by Crippen LogP contribution is 2.51. The van der Waals surface area contributed by atoms with Crippen LogP contribution in [0.15, 0.2) is 29.7 Å². The third-order valence-corrected chi connectivity index (χ3v) is 7.38. The van der Waals surface area contributed by atoms with Gasteiger partial charge in [0.05, 0.1) is 44.2 Å². The molecule has 4 atom stereocenters. The van der Waals surface area contributed by atoms with Crippen LogP contribution in [0.4, 0.5) is 0 Å². The predicted octanol–water partition coefficient (Wildman–Crippen LogP) is 0.869. The van der Waals surface area contributed by atoms with Crippen molar-refractivity contribution >= 4 is 23.2 Å². The highest BCUT2D eigenvalue weighted by atomic mass is 32.1. The molecule has 2 amide bonds. The van der Waals surface area contributed by atoms with Gasteiger partial charge in [-0.3, -0.25) is 14.5 Å². The molecule has 1 spiro atoms. The number of amides is 2. The maximum absolute atomic E-state index is 13.2. The first kappa shape index (κ1) is 19.2. The summed E-state index contributed by atoms with van der Waals surface area (Å²) in [5, 5.41) is 5.01. The number of hydrogen-bond donors (Lipinski definition) is 1. The van der Waals surface area contributed by atoms with Crippen molar-refractivity contribution in [3.05, 3.63) is 34.5 Å². The van der Waals surface area contributed by atoms with Crippen LogP contribution < -0.4 is 5.32 Å². The number of nitrogens with zero attached hydrogens (tertiary/aromatic N) is 2. The number of thiophene rings is 1. The molecule has 3 saturated heterocycles. The molecule has 5 rings (SSSR count). The second-order valence-corrected chi connectivity index (χ2v) is 9.30. The lowest BCUT2D eigenvalue weighted by Crippen LogP contribution is -2.44. The van der Waals surface area contributed by atoms with E-state index in [0.717, 1.165) is 44.1 Å². The van der Waals surface area contributed by atoms with Gasteiger partial charge in [-0.05, 0) is 17.9 Å². The summed E-state index contributed by atoms with van der Waals surface area (Å²) in [6.45, 7) is 6.23. The van der Waals surface area contributed by atoms with E-state index in [9.17, 15) is 9.59 Å². The topological polar surface area (TPSA) is 71.1 Å². The van der Waals surface area contributed by atoms with E-state index in [1.54, 1.807) is 11.3 Å². The fourth-order valence-corrected chi connectivity index (χ4v) is 5.73. The molecule has 0 saturated carbocycles. The van der Waals surface area contributed by atoms with Crippen molar-refractivity contribution in [2.24, 2.45) is 11.8 Å². The van der Waals surface area contributed by atoms with Crippen LogP contribution >= 0.6 is 11.3 Å². The number of morpholine rings is 1. The summed E-state index contributed by atoms with van der Waals surface area (Å²) in [5.41, 5.74) is -0.619. The monoisotopic (exact) mass is 417 g/mol. The van der Waals surface area contributed by atoms with Gasteiger partial charge in [0.1, 0.15) is 5.60 Å². The largest absolute Gasteiger partial charge is 0.379 e. The molecule has 0 aromatic carbocycles. The zero-order chi connectivity index (χ0) is 19.8. The Bertz CT molecular complexity index is 792. The van der Waals surface area contributed by atoms with Gasteiger partial charge in [0.15, 0.2) is 0 Å². The molecule has 3 fully saturated rings. The summed E-state index contributed by atoms with van der Waals surface area (Å²) >= 11 is 1.62. The van der Waals surface area contributed by atoms with E-state index in [4.69, 9.17) is 9.47 Å². The molecule has 2 bridgehead atoms. The molecule has 5 heterocycles. The van der Waals surface area contributed by atoms with Gasteiger partial charge < -0.3 is 19.7 Å². The lowest BCUT2D eigenvalue weighted by atomic mass is 9.77. The molecule has 1 N–H and O–H groups in total. The fraction of sp³-hybridized carbons (Fsp3) is 0.619. The van der Waals surface area contributed by atoms with E-state index in [0.29, 0.717) is 19.6 Å². The molecule has 0 aliphatic carbocycles. The lowest BCUT2D eigenvalue weighted by Gasteiger charge is -2.27. The van der Waals surface area contributed by atoms with Crippen molar-refractivity contribution < 1.29 is 19.1 Å². The van der Waals surface area contributed by atoms with E-state index in [1.807, 2.05) is 34.6 Å². The van der Waals surface area contributed by atoms with E-state index in [2.05, 4.69) is 10.2 Å². The van der Waals surface area contributed by atoms with Crippen LogP contribution in [-0.4, -0.2) is 79.3 Å². The van der Waals surface area contributed by atoms with Gasteiger partial charge in [-0.2, -0.15) is 0 Å². The minimum absolute atomic E-state index is 0.0649. The molecule has 29 heavy (non-hydrogen) atoms. The Morgan fingerprint density at radius 1 is 1.31 bits per heavy atom. The van der Waals surface area contributed by atoms with E-state index < -0.39 is 17.4 Å². The van der Waals surface area contributed by atoms with Crippen molar-refractivity contribution in [2.75, 3.05) is 45.9 Å². The number of rotatable bonds is 7. The van der Waals surface area contributed by atoms with Gasteiger partial charge in [0.25, 0.3) is 0 Å². The Kier molecular flexibility index (Phi) is 5.19. The molecule has 7 nitrogen and oxygen atoms in total. The van der Waals surface area contributed by atoms with Crippen molar-refractivity contribution in [1.29, 1.82) is 0 Å². The van der Waals surface area contributed by atoms with Crippen molar-refractivity contribution in [1.82, 2.24) is 15.1 Å². The Balaban J connectivity index is 1.20. The number of likely N-dealkylation sites (tertiary alicyclic amines) is 1.